The largest absolute Gasteiger partial charge is 0.481 e. The van der Waals surface area contributed by atoms with Gasteiger partial charge in [-0.25, -0.2) is 4.98 Å². The first-order valence-electron chi connectivity index (χ1n) is 8.08. The van der Waals surface area contributed by atoms with Gasteiger partial charge in [-0.05, 0) is 25.3 Å². The van der Waals surface area contributed by atoms with E-state index in [9.17, 15) is 15.0 Å². The van der Waals surface area contributed by atoms with Crippen LogP contribution in [0.25, 0.3) is 0 Å². The van der Waals surface area contributed by atoms with Crippen molar-refractivity contribution in [3.05, 3.63) is 52.0 Å². The van der Waals surface area contributed by atoms with E-state index in [1.807, 2.05) is 42.8 Å². The molecule has 1 aliphatic heterocycles. The fourth-order valence-electron chi connectivity index (χ4n) is 3.40. The Bertz CT molecular complexity index is 703. The molecule has 1 aliphatic rings. The van der Waals surface area contributed by atoms with Crippen LogP contribution in [0.3, 0.4) is 0 Å². The van der Waals surface area contributed by atoms with Crippen molar-refractivity contribution in [2.24, 2.45) is 5.41 Å². The van der Waals surface area contributed by atoms with E-state index in [1.165, 1.54) is 0 Å². The molecule has 0 radical (unpaired) electrons. The molecule has 3 rings (SSSR count). The van der Waals surface area contributed by atoms with Gasteiger partial charge in [-0.1, -0.05) is 30.3 Å². The lowest BCUT2D eigenvalue weighted by Gasteiger charge is -2.43. The number of nitrogens with zero attached hydrogens (tertiary/aromatic N) is 2. The maximum atomic E-state index is 12.1. The molecule has 2 N–H and O–H groups in total. The maximum absolute atomic E-state index is 12.1. The quantitative estimate of drug-likeness (QED) is 0.869. The van der Waals surface area contributed by atoms with E-state index in [2.05, 4.69) is 9.88 Å². The van der Waals surface area contributed by atoms with Crippen molar-refractivity contribution in [1.82, 2.24) is 9.88 Å². The molecular weight excluding hydrogens is 324 g/mol. The van der Waals surface area contributed by atoms with Crippen molar-refractivity contribution in [3.8, 4) is 0 Å². The second kappa shape index (κ2) is 7.01. The van der Waals surface area contributed by atoms with Gasteiger partial charge in [-0.3, -0.25) is 9.69 Å². The summed E-state index contributed by atoms with van der Waals surface area (Å²) in [6, 6.07) is 9.55. The van der Waals surface area contributed by atoms with Crippen molar-refractivity contribution in [2.75, 3.05) is 13.1 Å². The van der Waals surface area contributed by atoms with Gasteiger partial charge < -0.3 is 10.2 Å². The number of aliphatic carboxylic acids is 1. The minimum atomic E-state index is -1.17. The van der Waals surface area contributed by atoms with Gasteiger partial charge in [0.25, 0.3) is 0 Å². The highest BCUT2D eigenvalue weighted by Crippen LogP contribution is 2.35. The number of carboxylic acids is 1. The molecule has 5 nitrogen and oxygen atoms in total. The number of carboxylic acid groups (broad SMARTS) is 1. The molecule has 0 aliphatic carbocycles. The van der Waals surface area contributed by atoms with Crippen molar-refractivity contribution >= 4 is 17.3 Å². The zero-order valence-electron chi connectivity index (χ0n) is 13.7. The summed E-state index contributed by atoms with van der Waals surface area (Å²) in [7, 11) is 0. The van der Waals surface area contributed by atoms with E-state index in [-0.39, 0.29) is 0 Å². The number of hydrogen-bond donors (Lipinski definition) is 2. The first-order chi connectivity index (χ1) is 11.5. The SMILES string of the molecule is Cc1ncsc1CN1CC[C@H](O)[C@](Cc2ccccc2)(C(=O)O)C1. The summed E-state index contributed by atoms with van der Waals surface area (Å²) in [5, 5.41) is 20.5. The van der Waals surface area contributed by atoms with Crippen molar-refractivity contribution in [1.29, 1.82) is 0 Å². The van der Waals surface area contributed by atoms with Crippen LogP contribution in [0.15, 0.2) is 35.8 Å². The first-order valence-corrected chi connectivity index (χ1v) is 8.96. The number of thiazole rings is 1. The van der Waals surface area contributed by atoms with Crippen LogP contribution in [-0.2, 0) is 17.8 Å². The van der Waals surface area contributed by atoms with Gasteiger partial charge in [0.05, 0.1) is 17.3 Å². The normalized spacial score (nSPS) is 24.8. The van der Waals surface area contributed by atoms with E-state index >= 15 is 0 Å². The Kier molecular flexibility index (Phi) is 4.99. The second-order valence-corrected chi connectivity index (χ2v) is 7.44. The monoisotopic (exact) mass is 346 g/mol. The molecule has 0 bridgehead atoms. The molecule has 2 heterocycles. The Morgan fingerprint density at radius 1 is 1.42 bits per heavy atom. The minimum Gasteiger partial charge on any atom is -0.481 e. The average molecular weight is 346 g/mol. The lowest BCUT2D eigenvalue weighted by molar-refractivity contribution is -0.163. The van der Waals surface area contributed by atoms with Gasteiger partial charge in [-0.2, -0.15) is 0 Å². The smallest absolute Gasteiger partial charge is 0.313 e. The van der Waals surface area contributed by atoms with Crippen LogP contribution in [0.1, 0.15) is 22.6 Å². The third-order valence-corrected chi connectivity index (χ3v) is 5.78. The van der Waals surface area contributed by atoms with E-state index in [0.29, 0.717) is 32.5 Å². The molecule has 1 saturated heterocycles. The highest BCUT2D eigenvalue weighted by Gasteiger charge is 2.49. The van der Waals surface area contributed by atoms with Gasteiger partial charge in [0, 0.05) is 24.5 Å². The highest BCUT2D eigenvalue weighted by molar-refractivity contribution is 7.09. The number of aliphatic hydroxyl groups excluding tert-OH is 1. The molecule has 6 heteroatoms. The zero-order valence-corrected chi connectivity index (χ0v) is 14.5. The van der Waals surface area contributed by atoms with E-state index in [1.54, 1.807) is 11.3 Å². The minimum absolute atomic E-state index is 0.336. The summed E-state index contributed by atoms with van der Waals surface area (Å²) in [4.78, 5) is 19.7. The standard InChI is InChI=1S/C18H22N2O3S/c1-13-15(24-12-19-13)10-20-8-7-16(21)18(11-20,17(22)23)9-14-5-3-2-4-6-14/h2-6,12,16,21H,7-11H2,1H3,(H,22,23)/t16-,18+/m0/s1. The molecule has 0 spiro atoms. The number of aliphatic hydroxyl groups is 1. The van der Waals surface area contributed by atoms with Crippen LogP contribution < -0.4 is 0 Å². The first kappa shape index (κ1) is 17.1. The summed E-state index contributed by atoms with van der Waals surface area (Å²) in [6.07, 6.45) is -0.0338. The Hall–Kier alpha value is -1.76. The van der Waals surface area contributed by atoms with Crippen LogP contribution in [0.5, 0.6) is 0 Å². The summed E-state index contributed by atoms with van der Waals surface area (Å²) in [5.74, 6) is -0.926. The molecule has 2 aromatic rings. The summed E-state index contributed by atoms with van der Waals surface area (Å²) in [5.41, 5.74) is 2.58. The van der Waals surface area contributed by atoms with Gasteiger partial charge >= 0.3 is 5.97 Å². The van der Waals surface area contributed by atoms with Crippen LogP contribution in [0.2, 0.25) is 0 Å². The van der Waals surface area contributed by atoms with E-state index < -0.39 is 17.5 Å². The lowest BCUT2D eigenvalue weighted by atomic mass is 9.73. The van der Waals surface area contributed by atoms with Crippen LogP contribution >= 0.6 is 11.3 Å². The number of aryl methyl sites for hydroxylation is 1. The van der Waals surface area contributed by atoms with Gasteiger partial charge in [0.2, 0.25) is 0 Å². The highest BCUT2D eigenvalue weighted by atomic mass is 32.1. The predicted octanol–water partition coefficient (Wildman–Crippen LogP) is 2.33. The number of carbonyl (C=O) groups is 1. The number of likely N-dealkylation sites (tertiary alicyclic amines) is 1. The molecule has 1 aromatic carbocycles. The Morgan fingerprint density at radius 3 is 2.79 bits per heavy atom. The molecular formula is C18H22N2O3S. The van der Waals surface area contributed by atoms with Crippen LogP contribution in [0, 0.1) is 12.3 Å². The number of rotatable bonds is 5. The number of hydrogen-bond acceptors (Lipinski definition) is 5. The van der Waals surface area contributed by atoms with Crippen molar-refractivity contribution in [2.45, 2.75) is 32.4 Å². The van der Waals surface area contributed by atoms with Crippen molar-refractivity contribution < 1.29 is 15.0 Å². The number of benzene rings is 1. The van der Waals surface area contributed by atoms with Crippen LogP contribution in [-0.4, -0.2) is 45.3 Å². The number of piperidine rings is 1. The number of aromatic nitrogens is 1. The summed E-state index contributed by atoms with van der Waals surface area (Å²) >= 11 is 1.59. The zero-order chi connectivity index (χ0) is 17.2. The predicted molar refractivity (Wildman–Crippen MR) is 93.0 cm³/mol. The molecule has 1 aromatic heterocycles. The van der Waals surface area contributed by atoms with E-state index in [0.717, 1.165) is 16.1 Å². The Morgan fingerprint density at radius 2 is 2.17 bits per heavy atom. The molecule has 0 saturated carbocycles. The van der Waals surface area contributed by atoms with Gasteiger partial charge in [0.1, 0.15) is 5.41 Å². The summed E-state index contributed by atoms with van der Waals surface area (Å²) in [6.45, 7) is 3.70. The van der Waals surface area contributed by atoms with Crippen LogP contribution in [0.4, 0.5) is 0 Å². The average Bonchev–Trinajstić information content (AvgIpc) is 2.96. The molecule has 24 heavy (non-hydrogen) atoms. The Balaban J connectivity index is 1.83. The maximum Gasteiger partial charge on any atom is 0.313 e. The second-order valence-electron chi connectivity index (χ2n) is 6.50. The van der Waals surface area contributed by atoms with Crippen molar-refractivity contribution in [3.63, 3.8) is 0 Å². The third kappa shape index (κ3) is 3.36. The topological polar surface area (TPSA) is 73.7 Å². The molecule has 1 fully saturated rings. The summed E-state index contributed by atoms with van der Waals surface area (Å²) < 4.78 is 0. The Labute approximate surface area is 145 Å². The van der Waals surface area contributed by atoms with Gasteiger partial charge in [-0.15, -0.1) is 11.3 Å². The van der Waals surface area contributed by atoms with E-state index in [4.69, 9.17) is 0 Å². The lowest BCUT2D eigenvalue weighted by Crippen LogP contribution is -2.56. The fourth-order valence-corrected chi connectivity index (χ4v) is 4.22. The molecule has 128 valence electrons. The third-order valence-electron chi connectivity index (χ3n) is 4.86. The van der Waals surface area contributed by atoms with Gasteiger partial charge in [0.15, 0.2) is 0 Å². The molecule has 0 amide bonds. The fraction of sp³-hybridized carbons (Fsp3) is 0.444. The molecule has 0 unspecified atom stereocenters. The molecule has 2 atom stereocenters.